The van der Waals surface area contributed by atoms with Crippen molar-refractivity contribution in [1.29, 1.82) is 0 Å². The number of rotatable bonds is 7. The molecule has 1 aromatic carbocycles. The van der Waals surface area contributed by atoms with Gasteiger partial charge in [0.25, 0.3) is 5.91 Å². The summed E-state index contributed by atoms with van der Waals surface area (Å²) in [5.74, 6) is 0.366. The van der Waals surface area contributed by atoms with Crippen molar-refractivity contribution in [2.75, 3.05) is 6.54 Å². The van der Waals surface area contributed by atoms with Gasteiger partial charge in [0.2, 0.25) is 0 Å². The van der Waals surface area contributed by atoms with Crippen LogP contribution in [0.5, 0.6) is 5.75 Å². The third-order valence-electron chi connectivity index (χ3n) is 3.87. The fourth-order valence-corrected chi connectivity index (χ4v) is 4.03. The van der Waals surface area contributed by atoms with E-state index < -0.39 is 11.7 Å². The van der Waals surface area contributed by atoms with Crippen LogP contribution in [0.1, 0.15) is 17.4 Å². The molecule has 6 heteroatoms. The highest BCUT2D eigenvalue weighted by atomic mass is 32.1. The number of ether oxygens (including phenoxy) is 1. The predicted molar refractivity (Wildman–Crippen MR) is 101 cm³/mol. The van der Waals surface area contributed by atoms with Gasteiger partial charge in [-0.3, -0.25) is 4.79 Å². The van der Waals surface area contributed by atoms with Crippen LogP contribution in [0.25, 0.3) is 0 Å². The molecule has 130 valence electrons. The van der Waals surface area contributed by atoms with Gasteiger partial charge in [-0.05, 0) is 47.3 Å². The maximum Gasteiger partial charge on any atom is 0.260 e. The molecule has 0 radical (unpaired) electrons. The summed E-state index contributed by atoms with van der Waals surface area (Å²) in [6.07, 6.45) is -0.655. The number of carbonyl (C=O) groups is 1. The summed E-state index contributed by atoms with van der Waals surface area (Å²) in [5.41, 5.74) is -0.465. The van der Waals surface area contributed by atoms with Crippen LogP contribution in [0.15, 0.2) is 64.7 Å². The molecule has 25 heavy (non-hydrogen) atoms. The normalized spacial score (nSPS) is 14.5. The standard InChI is InChI=1S/C19H19NO3S2/c1-14(23-16-6-3-2-4-7-16)18(21)20-13-19(22,15-9-11-24-12-15)17-8-5-10-25-17/h2-12,14,22H,13H2,1H3,(H,20,21)/t14-,19-/m1/s1. The average Bonchev–Trinajstić information content (AvgIpc) is 3.34. The van der Waals surface area contributed by atoms with Crippen molar-refractivity contribution >= 4 is 28.6 Å². The van der Waals surface area contributed by atoms with Crippen LogP contribution in [0, 0.1) is 0 Å². The molecule has 0 saturated carbocycles. The molecule has 0 unspecified atom stereocenters. The zero-order valence-corrected chi connectivity index (χ0v) is 15.3. The summed E-state index contributed by atoms with van der Waals surface area (Å²) in [5, 5.41) is 19.8. The molecule has 0 aliphatic carbocycles. The van der Waals surface area contributed by atoms with Crippen molar-refractivity contribution in [2.24, 2.45) is 0 Å². The second-order valence-electron chi connectivity index (χ2n) is 5.64. The van der Waals surface area contributed by atoms with Gasteiger partial charge in [0, 0.05) is 10.4 Å². The zero-order chi connectivity index (χ0) is 17.7. The second kappa shape index (κ2) is 7.82. The van der Waals surface area contributed by atoms with E-state index in [0.717, 1.165) is 10.4 Å². The van der Waals surface area contributed by atoms with E-state index in [9.17, 15) is 9.90 Å². The third kappa shape index (κ3) is 4.10. The minimum absolute atomic E-state index is 0.0889. The Morgan fingerprint density at radius 1 is 1.20 bits per heavy atom. The Balaban J connectivity index is 1.68. The van der Waals surface area contributed by atoms with E-state index in [0.29, 0.717) is 5.75 Å². The lowest BCUT2D eigenvalue weighted by molar-refractivity contribution is -0.128. The van der Waals surface area contributed by atoms with E-state index in [1.807, 2.05) is 52.5 Å². The van der Waals surface area contributed by atoms with Crippen molar-refractivity contribution in [3.05, 3.63) is 75.1 Å². The van der Waals surface area contributed by atoms with Gasteiger partial charge in [0.05, 0.1) is 6.54 Å². The first kappa shape index (κ1) is 17.7. The summed E-state index contributed by atoms with van der Waals surface area (Å²) in [6, 6.07) is 14.8. The fraction of sp³-hybridized carbons (Fsp3) is 0.211. The van der Waals surface area contributed by atoms with Crippen LogP contribution in [-0.2, 0) is 10.4 Å². The first-order valence-corrected chi connectivity index (χ1v) is 9.70. The predicted octanol–water partition coefficient (Wildman–Crippen LogP) is 3.63. The van der Waals surface area contributed by atoms with Crippen LogP contribution in [0.3, 0.4) is 0 Å². The van der Waals surface area contributed by atoms with Gasteiger partial charge in [-0.15, -0.1) is 11.3 Å². The smallest absolute Gasteiger partial charge is 0.260 e. The molecular weight excluding hydrogens is 354 g/mol. The average molecular weight is 373 g/mol. The highest BCUT2D eigenvalue weighted by Crippen LogP contribution is 2.33. The van der Waals surface area contributed by atoms with Gasteiger partial charge < -0.3 is 15.2 Å². The van der Waals surface area contributed by atoms with E-state index in [4.69, 9.17) is 4.74 Å². The topological polar surface area (TPSA) is 58.6 Å². The Hall–Kier alpha value is -2.15. The van der Waals surface area contributed by atoms with Crippen molar-refractivity contribution in [2.45, 2.75) is 18.6 Å². The molecule has 3 rings (SSSR count). The van der Waals surface area contributed by atoms with Gasteiger partial charge >= 0.3 is 0 Å². The van der Waals surface area contributed by atoms with Crippen LogP contribution in [-0.4, -0.2) is 23.7 Å². The van der Waals surface area contributed by atoms with E-state index in [2.05, 4.69) is 5.32 Å². The Morgan fingerprint density at radius 3 is 2.64 bits per heavy atom. The number of para-hydroxylation sites is 1. The number of amides is 1. The number of carbonyl (C=O) groups excluding carboxylic acids is 1. The Bertz CT molecular complexity index is 751. The zero-order valence-electron chi connectivity index (χ0n) is 13.7. The van der Waals surface area contributed by atoms with Crippen LogP contribution >= 0.6 is 22.7 Å². The molecule has 4 nitrogen and oxygen atoms in total. The molecule has 1 amide bonds. The van der Waals surface area contributed by atoms with Gasteiger partial charge in [0.15, 0.2) is 6.10 Å². The first-order chi connectivity index (χ1) is 12.1. The largest absolute Gasteiger partial charge is 0.481 e. The highest BCUT2D eigenvalue weighted by molar-refractivity contribution is 7.10. The number of hydrogen-bond acceptors (Lipinski definition) is 5. The van der Waals surface area contributed by atoms with Gasteiger partial charge in [0.1, 0.15) is 11.4 Å². The van der Waals surface area contributed by atoms with E-state index in [1.54, 1.807) is 19.1 Å². The summed E-state index contributed by atoms with van der Waals surface area (Å²) >= 11 is 2.98. The maximum atomic E-state index is 12.4. The molecule has 2 atom stereocenters. The Kier molecular flexibility index (Phi) is 5.53. The minimum atomic E-state index is -1.24. The minimum Gasteiger partial charge on any atom is -0.481 e. The monoisotopic (exact) mass is 373 g/mol. The van der Waals surface area contributed by atoms with Crippen molar-refractivity contribution in [3.63, 3.8) is 0 Å². The Morgan fingerprint density at radius 2 is 2.00 bits per heavy atom. The van der Waals surface area contributed by atoms with E-state index in [-0.39, 0.29) is 12.5 Å². The summed E-state index contributed by atoms with van der Waals surface area (Å²) in [6.45, 7) is 1.78. The molecule has 2 aromatic heterocycles. The summed E-state index contributed by atoms with van der Waals surface area (Å²) < 4.78 is 5.63. The molecule has 2 heterocycles. The second-order valence-corrected chi connectivity index (χ2v) is 7.37. The molecule has 2 N–H and O–H groups in total. The van der Waals surface area contributed by atoms with Gasteiger partial charge in [-0.2, -0.15) is 11.3 Å². The fourth-order valence-electron chi connectivity index (χ4n) is 2.46. The molecule has 0 aliphatic heterocycles. The van der Waals surface area contributed by atoms with Crippen LogP contribution in [0.4, 0.5) is 0 Å². The maximum absolute atomic E-state index is 12.4. The number of aliphatic hydroxyl groups is 1. The lowest BCUT2D eigenvalue weighted by atomic mass is 9.94. The van der Waals surface area contributed by atoms with E-state index in [1.165, 1.54) is 22.7 Å². The van der Waals surface area contributed by atoms with Crippen molar-refractivity contribution in [3.8, 4) is 5.75 Å². The highest BCUT2D eigenvalue weighted by Gasteiger charge is 2.34. The number of thiophene rings is 2. The number of nitrogens with one attached hydrogen (secondary N) is 1. The lowest BCUT2D eigenvalue weighted by Crippen LogP contribution is -2.45. The molecule has 3 aromatic rings. The van der Waals surface area contributed by atoms with Crippen molar-refractivity contribution in [1.82, 2.24) is 5.32 Å². The molecule has 0 spiro atoms. The molecule has 0 bridgehead atoms. The molecule has 0 fully saturated rings. The van der Waals surface area contributed by atoms with Crippen LogP contribution < -0.4 is 10.1 Å². The lowest BCUT2D eigenvalue weighted by Gasteiger charge is -2.27. The quantitative estimate of drug-likeness (QED) is 0.665. The SMILES string of the molecule is C[C@@H](Oc1ccccc1)C(=O)NC[C@@](O)(c1ccsc1)c1cccs1. The molecular formula is C19H19NO3S2. The van der Waals surface area contributed by atoms with Gasteiger partial charge in [-0.25, -0.2) is 0 Å². The summed E-state index contributed by atoms with van der Waals surface area (Å²) in [4.78, 5) is 13.2. The first-order valence-electron chi connectivity index (χ1n) is 7.88. The van der Waals surface area contributed by atoms with Gasteiger partial charge in [-0.1, -0.05) is 24.3 Å². The van der Waals surface area contributed by atoms with Crippen molar-refractivity contribution < 1.29 is 14.6 Å². The molecule has 0 saturated heterocycles. The summed E-state index contributed by atoms with van der Waals surface area (Å²) in [7, 11) is 0. The number of hydrogen-bond donors (Lipinski definition) is 2. The Labute approximate surface area is 154 Å². The molecule has 0 aliphatic rings. The third-order valence-corrected chi connectivity index (χ3v) is 5.58. The number of benzene rings is 1. The van der Waals surface area contributed by atoms with E-state index >= 15 is 0 Å². The van der Waals surface area contributed by atoms with Crippen LogP contribution in [0.2, 0.25) is 0 Å².